The first-order valence-electron chi connectivity index (χ1n) is 8.52. The second-order valence-corrected chi connectivity index (χ2v) is 7.33. The second-order valence-electron chi connectivity index (χ2n) is 6.49. The number of hydrogen-bond donors (Lipinski definition) is 2. The molecule has 1 aromatic heterocycles. The number of anilines is 1. The van der Waals surface area contributed by atoms with E-state index in [4.69, 9.17) is 0 Å². The molecule has 1 aromatic rings. The predicted molar refractivity (Wildman–Crippen MR) is 103 cm³/mol. The fourth-order valence-electron chi connectivity index (χ4n) is 2.61. The van der Waals surface area contributed by atoms with Crippen LogP contribution in [0.2, 0.25) is 0 Å². The van der Waals surface area contributed by atoms with E-state index in [0.29, 0.717) is 12.6 Å². The standard InChI is InChI=1S/C16H31N7S/c1-6-17-15(18-9-13-12-24-16(20-13)21(2)3)19-10-14-11-22(4)7-8-23(14)5/h12,14H,6-11H2,1-5H3,(H2,17,18,19). The Hall–Kier alpha value is -1.38. The van der Waals surface area contributed by atoms with E-state index in [1.54, 1.807) is 11.3 Å². The zero-order valence-corrected chi connectivity index (χ0v) is 16.4. The van der Waals surface area contributed by atoms with Crippen LogP contribution in [0.3, 0.4) is 0 Å². The summed E-state index contributed by atoms with van der Waals surface area (Å²) in [6, 6.07) is 0.507. The molecule has 2 N–H and O–H groups in total. The maximum atomic E-state index is 4.67. The molecule has 0 bridgehead atoms. The molecular formula is C16H31N7S. The van der Waals surface area contributed by atoms with E-state index in [1.807, 2.05) is 19.0 Å². The van der Waals surface area contributed by atoms with Crippen LogP contribution < -0.4 is 15.5 Å². The largest absolute Gasteiger partial charge is 0.357 e. The molecule has 8 heteroatoms. The summed E-state index contributed by atoms with van der Waals surface area (Å²) in [6.07, 6.45) is 0. The number of aliphatic imine (C=N–C) groups is 1. The first-order chi connectivity index (χ1) is 11.5. The molecule has 136 valence electrons. The van der Waals surface area contributed by atoms with Gasteiger partial charge in [-0.25, -0.2) is 9.98 Å². The van der Waals surface area contributed by atoms with Gasteiger partial charge in [-0.05, 0) is 21.0 Å². The molecule has 1 unspecified atom stereocenters. The molecule has 0 saturated carbocycles. The molecule has 24 heavy (non-hydrogen) atoms. The van der Waals surface area contributed by atoms with Gasteiger partial charge in [0.15, 0.2) is 11.1 Å². The molecule has 1 aliphatic heterocycles. The quantitative estimate of drug-likeness (QED) is 0.574. The number of rotatable bonds is 6. The smallest absolute Gasteiger partial charge is 0.191 e. The molecule has 0 aliphatic carbocycles. The first-order valence-corrected chi connectivity index (χ1v) is 9.40. The van der Waals surface area contributed by atoms with Gasteiger partial charge in [-0.1, -0.05) is 0 Å². The van der Waals surface area contributed by atoms with Gasteiger partial charge in [0.05, 0.1) is 12.2 Å². The Balaban J connectivity index is 1.90. The van der Waals surface area contributed by atoms with Crippen molar-refractivity contribution in [2.24, 2.45) is 4.99 Å². The predicted octanol–water partition coefficient (Wildman–Crippen LogP) is 0.510. The normalized spacial score (nSPS) is 20.2. The summed E-state index contributed by atoms with van der Waals surface area (Å²) in [7, 11) is 8.40. The van der Waals surface area contributed by atoms with Crippen molar-refractivity contribution < 1.29 is 0 Å². The minimum Gasteiger partial charge on any atom is -0.357 e. The van der Waals surface area contributed by atoms with Crippen molar-refractivity contribution in [2.75, 3.05) is 65.8 Å². The first kappa shape index (κ1) is 19.0. The van der Waals surface area contributed by atoms with Crippen LogP contribution in [0.5, 0.6) is 0 Å². The molecule has 0 spiro atoms. The molecule has 1 fully saturated rings. The van der Waals surface area contributed by atoms with Crippen molar-refractivity contribution in [2.45, 2.75) is 19.5 Å². The summed E-state index contributed by atoms with van der Waals surface area (Å²) in [5.74, 6) is 0.860. The summed E-state index contributed by atoms with van der Waals surface area (Å²) in [6.45, 7) is 7.77. The van der Waals surface area contributed by atoms with Gasteiger partial charge in [-0.2, -0.15) is 0 Å². The number of thiazole rings is 1. The van der Waals surface area contributed by atoms with Crippen molar-refractivity contribution in [3.05, 3.63) is 11.1 Å². The number of likely N-dealkylation sites (N-methyl/N-ethyl adjacent to an activating group) is 2. The SMILES string of the molecule is CCNC(=NCc1csc(N(C)C)n1)NCC1CN(C)CCN1C. The molecule has 2 rings (SSSR count). The third-order valence-electron chi connectivity index (χ3n) is 4.15. The minimum absolute atomic E-state index is 0.507. The fraction of sp³-hybridized carbons (Fsp3) is 0.750. The van der Waals surface area contributed by atoms with E-state index >= 15 is 0 Å². The van der Waals surface area contributed by atoms with E-state index in [2.05, 4.69) is 56.8 Å². The van der Waals surface area contributed by atoms with Gasteiger partial charge in [0.1, 0.15) is 0 Å². The van der Waals surface area contributed by atoms with Crippen LogP contribution in [-0.2, 0) is 6.54 Å². The Morgan fingerprint density at radius 1 is 1.38 bits per heavy atom. The molecule has 1 aliphatic rings. The Morgan fingerprint density at radius 3 is 2.83 bits per heavy atom. The number of nitrogens with zero attached hydrogens (tertiary/aromatic N) is 5. The Bertz CT molecular complexity index is 528. The van der Waals surface area contributed by atoms with Gasteiger partial charge in [-0.15, -0.1) is 11.3 Å². The summed E-state index contributed by atoms with van der Waals surface area (Å²) in [5, 5.41) is 9.89. The van der Waals surface area contributed by atoms with Gasteiger partial charge in [0.2, 0.25) is 0 Å². The Kier molecular flexibility index (Phi) is 7.26. The van der Waals surface area contributed by atoms with Crippen LogP contribution in [0, 0.1) is 0 Å². The number of hydrogen-bond acceptors (Lipinski definition) is 6. The van der Waals surface area contributed by atoms with Crippen molar-refractivity contribution in [3.8, 4) is 0 Å². The zero-order chi connectivity index (χ0) is 17.5. The molecule has 0 amide bonds. The van der Waals surface area contributed by atoms with Crippen LogP contribution in [0.1, 0.15) is 12.6 Å². The molecule has 0 aromatic carbocycles. The Labute approximate surface area is 149 Å². The van der Waals surface area contributed by atoms with Crippen LogP contribution in [0.25, 0.3) is 0 Å². The maximum absolute atomic E-state index is 4.67. The molecule has 0 radical (unpaired) electrons. The fourth-order valence-corrected chi connectivity index (χ4v) is 3.36. The highest BCUT2D eigenvalue weighted by Gasteiger charge is 2.22. The lowest BCUT2D eigenvalue weighted by atomic mass is 10.2. The molecule has 1 atom stereocenters. The lowest BCUT2D eigenvalue weighted by molar-refractivity contribution is 0.116. The molecule has 7 nitrogen and oxygen atoms in total. The minimum atomic E-state index is 0.507. The van der Waals surface area contributed by atoms with Gasteiger partial charge in [-0.3, -0.25) is 4.90 Å². The van der Waals surface area contributed by atoms with Crippen molar-refractivity contribution >= 4 is 22.4 Å². The number of piperazine rings is 1. The van der Waals surface area contributed by atoms with E-state index in [9.17, 15) is 0 Å². The summed E-state index contributed by atoms with van der Waals surface area (Å²) < 4.78 is 0. The average molecular weight is 354 g/mol. The summed E-state index contributed by atoms with van der Waals surface area (Å²) in [4.78, 5) is 16.1. The summed E-state index contributed by atoms with van der Waals surface area (Å²) >= 11 is 1.65. The van der Waals surface area contributed by atoms with E-state index < -0.39 is 0 Å². The molecule has 1 saturated heterocycles. The van der Waals surface area contributed by atoms with Crippen LogP contribution in [-0.4, -0.2) is 87.7 Å². The zero-order valence-electron chi connectivity index (χ0n) is 15.5. The van der Waals surface area contributed by atoms with Crippen molar-refractivity contribution in [1.82, 2.24) is 25.4 Å². The van der Waals surface area contributed by atoms with E-state index in [1.165, 1.54) is 0 Å². The summed E-state index contributed by atoms with van der Waals surface area (Å²) in [5.41, 5.74) is 1.01. The van der Waals surface area contributed by atoms with Gasteiger partial charge in [0, 0.05) is 58.2 Å². The molecular weight excluding hydrogens is 322 g/mol. The lowest BCUT2D eigenvalue weighted by Crippen LogP contribution is -2.55. The van der Waals surface area contributed by atoms with Crippen LogP contribution >= 0.6 is 11.3 Å². The highest BCUT2D eigenvalue weighted by Crippen LogP contribution is 2.18. The highest BCUT2D eigenvalue weighted by molar-refractivity contribution is 7.13. The van der Waals surface area contributed by atoms with E-state index in [-0.39, 0.29) is 0 Å². The van der Waals surface area contributed by atoms with Crippen molar-refractivity contribution in [3.63, 3.8) is 0 Å². The third kappa shape index (κ3) is 5.61. The van der Waals surface area contributed by atoms with Gasteiger partial charge >= 0.3 is 0 Å². The average Bonchev–Trinajstić information content (AvgIpc) is 3.02. The lowest BCUT2D eigenvalue weighted by Gasteiger charge is -2.37. The van der Waals surface area contributed by atoms with Crippen LogP contribution in [0.15, 0.2) is 10.4 Å². The number of aromatic nitrogens is 1. The maximum Gasteiger partial charge on any atom is 0.191 e. The highest BCUT2D eigenvalue weighted by atomic mass is 32.1. The van der Waals surface area contributed by atoms with Gasteiger partial charge < -0.3 is 20.4 Å². The topological polar surface area (TPSA) is 59.0 Å². The van der Waals surface area contributed by atoms with Gasteiger partial charge in [0.25, 0.3) is 0 Å². The van der Waals surface area contributed by atoms with Crippen LogP contribution in [0.4, 0.5) is 5.13 Å². The van der Waals surface area contributed by atoms with Crippen molar-refractivity contribution in [1.29, 1.82) is 0 Å². The Morgan fingerprint density at radius 2 is 2.17 bits per heavy atom. The monoisotopic (exact) mass is 353 g/mol. The van der Waals surface area contributed by atoms with E-state index in [0.717, 1.165) is 49.5 Å². The second kappa shape index (κ2) is 9.19. The third-order valence-corrected chi connectivity index (χ3v) is 5.21. The number of guanidine groups is 1. The molecule has 2 heterocycles. The number of nitrogens with one attached hydrogen (secondary N) is 2.